The van der Waals surface area contributed by atoms with Crippen LogP contribution in [0.2, 0.25) is 0 Å². The molecule has 0 aliphatic carbocycles. The molecule has 0 unspecified atom stereocenters. The van der Waals surface area contributed by atoms with E-state index in [1.165, 1.54) is 0 Å². The number of carboxylic acid groups (broad SMARTS) is 1. The van der Waals surface area contributed by atoms with Gasteiger partial charge in [-0.15, -0.1) is 0 Å². The second-order valence-electron chi connectivity index (χ2n) is 4.09. The van der Waals surface area contributed by atoms with Crippen LogP contribution in [0.1, 0.15) is 18.9 Å². The Hall–Kier alpha value is -2.24. The minimum absolute atomic E-state index is 0.227. The normalized spacial score (nSPS) is 9.90. The van der Waals surface area contributed by atoms with Crippen LogP contribution in [-0.2, 0) is 16.0 Å². The molecule has 1 aromatic carbocycles. The highest BCUT2D eigenvalue weighted by molar-refractivity contribution is 5.81. The van der Waals surface area contributed by atoms with Crippen LogP contribution >= 0.6 is 0 Å². The minimum Gasteiger partial charge on any atom is -0.493 e. The van der Waals surface area contributed by atoms with Crippen molar-refractivity contribution < 1.29 is 24.2 Å². The maximum Gasteiger partial charge on any atom is 0.322 e. The average molecular weight is 281 g/mol. The fourth-order valence-electron chi connectivity index (χ4n) is 1.67. The molecular weight excluding hydrogens is 262 g/mol. The van der Waals surface area contributed by atoms with E-state index in [-0.39, 0.29) is 18.9 Å². The lowest BCUT2D eigenvalue weighted by Gasteiger charge is -2.11. The Morgan fingerprint density at radius 2 is 2.05 bits per heavy atom. The molecule has 0 radical (unpaired) electrons. The van der Waals surface area contributed by atoms with E-state index in [0.29, 0.717) is 24.5 Å². The SMILES string of the molecule is CCOc1cc(CCC(=O)NCC(=O)O)ccc1OC. The number of aryl methyl sites for hydroxylation is 1. The van der Waals surface area contributed by atoms with Gasteiger partial charge < -0.3 is 19.9 Å². The number of carboxylic acids is 1. The Morgan fingerprint density at radius 3 is 2.65 bits per heavy atom. The number of nitrogens with one attached hydrogen (secondary N) is 1. The lowest BCUT2D eigenvalue weighted by molar-refractivity contribution is -0.137. The summed E-state index contributed by atoms with van der Waals surface area (Å²) in [5.41, 5.74) is 0.930. The summed E-state index contributed by atoms with van der Waals surface area (Å²) in [5, 5.41) is 10.8. The molecule has 0 aliphatic rings. The quantitative estimate of drug-likeness (QED) is 0.748. The molecule has 1 rings (SSSR count). The van der Waals surface area contributed by atoms with Crippen molar-refractivity contribution in [1.29, 1.82) is 0 Å². The van der Waals surface area contributed by atoms with E-state index in [1.54, 1.807) is 13.2 Å². The van der Waals surface area contributed by atoms with Crippen LogP contribution in [0, 0.1) is 0 Å². The highest BCUT2D eigenvalue weighted by Crippen LogP contribution is 2.28. The summed E-state index contributed by atoms with van der Waals surface area (Å²) in [7, 11) is 1.57. The van der Waals surface area contributed by atoms with Gasteiger partial charge in [-0.1, -0.05) is 6.07 Å². The molecule has 0 spiro atoms. The topological polar surface area (TPSA) is 84.9 Å². The minimum atomic E-state index is -1.05. The Kier molecular flexibility index (Phi) is 6.36. The van der Waals surface area contributed by atoms with Gasteiger partial charge in [-0.2, -0.15) is 0 Å². The van der Waals surface area contributed by atoms with Crippen LogP contribution in [0.25, 0.3) is 0 Å². The molecule has 0 saturated heterocycles. The lowest BCUT2D eigenvalue weighted by atomic mass is 10.1. The molecule has 0 aliphatic heterocycles. The van der Waals surface area contributed by atoms with E-state index in [1.807, 2.05) is 19.1 Å². The fourth-order valence-corrected chi connectivity index (χ4v) is 1.67. The molecule has 0 bridgehead atoms. The number of methoxy groups -OCH3 is 1. The summed E-state index contributed by atoms with van der Waals surface area (Å²) in [6.45, 7) is 2.05. The van der Waals surface area contributed by atoms with Gasteiger partial charge in [0.1, 0.15) is 6.54 Å². The Balaban J connectivity index is 2.57. The number of carbonyl (C=O) groups is 2. The van der Waals surface area contributed by atoms with E-state index < -0.39 is 5.97 Å². The molecule has 6 nitrogen and oxygen atoms in total. The van der Waals surface area contributed by atoms with Crippen LogP contribution in [0.15, 0.2) is 18.2 Å². The van der Waals surface area contributed by atoms with Gasteiger partial charge in [0.15, 0.2) is 11.5 Å². The molecule has 0 saturated carbocycles. The number of carbonyl (C=O) groups excluding carboxylic acids is 1. The zero-order valence-corrected chi connectivity index (χ0v) is 11.6. The van der Waals surface area contributed by atoms with Crippen molar-refractivity contribution in [2.45, 2.75) is 19.8 Å². The molecule has 2 N–H and O–H groups in total. The van der Waals surface area contributed by atoms with Gasteiger partial charge in [0.25, 0.3) is 0 Å². The van der Waals surface area contributed by atoms with Crippen molar-refractivity contribution in [3.63, 3.8) is 0 Å². The van der Waals surface area contributed by atoms with Gasteiger partial charge in [-0.25, -0.2) is 0 Å². The first-order valence-corrected chi connectivity index (χ1v) is 6.35. The van der Waals surface area contributed by atoms with Crippen LogP contribution in [0.3, 0.4) is 0 Å². The highest BCUT2D eigenvalue weighted by atomic mass is 16.5. The second-order valence-corrected chi connectivity index (χ2v) is 4.09. The van der Waals surface area contributed by atoms with Crippen molar-refractivity contribution in [1.82, 2.24) is 5.32 Å². The molecule has 0 fully saturated rings. The van der Waals surface area contributed by atoms with E-state index >= 15 is 0 Å². The number of hydrogen-bond acceptors (Lipinski definition) is 4. The summed E-state index contributed by atoms with van der Waals surface area (Å²) in [6.07, 6.45) is 0.737. The van der Waals surface area contributed by atoms with Crippen LogP contribution in [-0.4, -0.2) is 37.2 Å². The molecule has 1 amide bonds. The Labute approximate surface area is 117 Å². The van der Waals surface area contributed by atoms with Crippen molar-refractivity contribution in [2.75, 3.05) is 20.3 Å². The highest BCUT2D eigenvalue weighted by Gasteiger charge is 2.08. The van der Waals surface area contributed by atoms with Gasteiger partial charge in [-0.3, -0.25) is 9.59 Å². The molecule has 6 heteroatoms. The van der Waals surface area contributed by atoms with Gasteiger partial charge in [0, 0.05) is 6.42 Å². The summed E-state index contributed by atoms with van der Waals surface area (Å²) >= 11 is 0. The monoisotopic (exact) mass is 281 g/mol. The number of rotatable bonds is 8. The van der Waals surface area contributed by atoms with E-state index in [2.05, 4.69) is 5.32 Å². The first-order valence-electron chi connectivity index (χ1n) is 6.35. The molecule has 0 atom stereocenters. The first-order chi connectivity index (χ1) is 9.56. The van der Waals surface area contributed by atoms with E-state index in [4.69, 9.17) is 14.6 Å². The van der Waals surface area contributed by atoms with Crippen LogP contribution < -0.4 is 14.8 Å². The molecule has 1 aromatic rings. The predicted octanol–water partition coefficient (Wildman–Crippen LogP) is 1.23. The number of ether oxygens (including phenoxy) is 2. The predicted molar refractivity (Wildman–Crippen MR) is 73.1 cm³/mol. The summed E-state index contributed by atoms with van der Waals surface area (Å²) < 4.78 is 10.6. The lowest BCUT2D eigenvalue weighted by Crippen LogP contribution is -2.29. The summed E-state index contributed by atoms with van der Waals surface area (Å²) in [4.78, 5) is 21.7. The Morgan fingerprint density at radius 1 is 1.30 bits per heavy atom. The number of aliphatic carboxylic acids is 1. The van der Waals surface area contributed by atoms with Gasteiger partial charge >= 0.3 is 5.97 Å². The third kappa shape index (κ3) is 5.17. The molecular formula is C14H19NO5. The van der Waals surface area contributed by atoms with E-state index in [0.717, 1.165) is 5.56 Å². The third-order valence-corrected chi connectivity index (χ3v) is 2.61. The van der Waals surface area contributed by atoms with Crippen molar-refractivity contribution in [3.8, 4) is 11.5 Å². The average Bonchev–Trinajstić information content (AvgIpc) is 2.43. The zero-order valence-electron chi connectivity index (χ0n) is 11.6. The number of amides is 1. The summed E-state index contributed by atoms with van der Waals surface area (Å²) in [5.74, 6) is -0.0630. The summed E-state index contributed by atoms with van der Waals surface area (Å²) in [6, 6.07) is 5.47. The van der Waals surface area contributed by atoms with Gasteiger partial charge in [0.2, 0.25) is 5.91 Å². The molecule has 0 heterocycles. The standard InChI is InChI=1S/C14H19NO5/c1-3-20-12-8-10(4-6-11(12)19-2)5-7-13(16)15-9-14(17)18/h4,6,8H,3,5,7,9H2,1-2H3,(H,15,16)(H,17,18). The molecule has 0 aromatic heterocycles. The maximum atomic E-state index is 11.4. The third-order valence-electron chi connectivity index (χ3n) is 2.61. The molecule has 20 heavy (non-hydrogen) atoms. The number of hydrogen-bond donors (Lipinski definition) is 2. The van der Waals surface area contributed by atoms with Crippen LogP contribution in [0.5, 0.6) is 11.5 Å². The maximum absolute atomic E-state index is 11.4. The second kappa shape index (κ2) is 8.04. The fraction of sp³-hybridized carbons (Fsp3) is 0.429. The van der Waals surface area contributed by atoms with Crippen molar-refractivity contribution in [2.24, 2.45) is 0 Å². The van der Waals surface area contributed by atoms with Crippen molar-refractivity contribution in [3.05, 3.63) is 23.8 Å². The number of benzene rings is 1. The smallest absolute Gasteiger partial charge is 0.322 e. The van der Waals surface area contributed by atoms with Gasteiger partial charge in [0.05, 0.1) is 13.7 Å². The largest absolute Gasteiger partial charge is 0.493 e. The van der Waals surface area contributed by atoms with E-state index in [9.17, 15) is 9.59 Å². The molecule has 110 valence electrons. The van der Waals surface area contributed by atoms with Crippen LogP contribution in [0.4, 0.5) is 0 Å². The van der Waals surface area contributed by atoms with Crippen molar-refractivity contribution >= 4 is 11.9 Å². The zero-order chi connectivity index (χ0) is 15.0. The van der Waals surface area contributed by atoms with Gasteiger partial charge in [-0.05, 0) is 31.0 Å². The first kappa shape index (κ1) is 15.8. The Bertz CT molecular complexity index is 473.